The summed E-state index contributed by atoms with van der Waals surface area (Å²) in [5.74, 6) is -2.97. The van der Waals surface area contributed by atoms with Crippen molar-refractivity contribution < 1.29 is 28.2 Å². The molecule has 2 aromatic rings. The number of benzene rings is 2. The summed E-state index contributed by atoms with van der Waals surface area (Å²) >= 11 is 0. The van der Waals surface area contributed by atoms with Gasteiger partial charge < -0.3 is 15.2 Å². The fraction of sp³-hybridized carbons (Fsp3) is 0.263. The molecule has 26 heavy (non-hydrogen) atoms. The van der Waals surface area contributed by atoms with Gasteiger partial charge in [-0.05, 0) is 42.3 Å². The van der Waals surface area contributed by atoms with Crippen LogP contribution in [0, 0.1) is 18.6 Å². The van der Waals surface area contributed by atoms with E-state index in [1.807, 2.05) is 0 Å². The molecule has 0 aliphatic carbocycles. The molecule has 7 heteroatoms. The first-order valence-electron chi connectivity index (χ1n) is 7.92. The summed E-state index contributed by atoms with van der Waals surface area (Å²) in [5.41, 5.74) is 1.30. The van der Waals surface area contributed by atoms with Gasteiger partial charge in [-0.15, -0.1) is 0 Å². The number of methoxy groups -OCH3 is 1. The van der Waals surface area contributed by atoms with E-state index >= 15 is 0 Å². The van der Waals surface area contributed by atoms with Crippen molar-refractivity contribution in [3.8, 4) is 11.1 Å². The summed E-state index contributed by atoms with van der Waals surface area (Å²) < 4.78 is 32.5. The maximum Gasteiger partial charge on any atom is 0.326 e. The topological polar surface area (TPSA) is 75.6 Å². The minimum Gasteiger partial charge on any atom is -0.480 e. The van der Waals surface area contributed by atoms with Crippen molar-refractivity contribution >= 4 is 11.9 Å². The normalized spacial score (nSPS) is 11.8. The fourth-order valence-corrected chi connectivity index (χ4v) is 2.54. The molecule has 2 rings (SSSR count). The van der Waals surface area contributed by atoms with Gasteiger partial charge in [-0.1, -0.05) is 12.1 Å². The summed E-state index contributed by atoms with van der Waals surface area (Å²) in [4.78, 5) is 23.4. The molecule has 138 valence electrons. The van der Waals surface area contributed by atoms with Gasteiger partial charge in [0.15, 0.2) is 0 Å². The monoisotopic (exact) mass is 363 g/mol. The number of halogens is 2. The van der Waals surface area contributed by atoms with E-state index in [1.165, 1.54) is 37.4 Å². The molecule has 0 spiro atoms. The van der Waals surface area contributed by atoms with Gasteiger partial charge >= 0.3 is 5.97 Å². The smallest absolute Gasteiger partial charge is 0.326 e. The van der Waals surface area contributed by atoms with Gasteiger partial charge in [0.05, 0.1) is 0 Å². The third-order valence-electron chi connectivity index (χ3n) is 3.92. The average Bonchev–Trinajstić information content (AvgIpc) is 2.58. The van der Waals surface area contributed by atoms with Crippen molar-refractivity contribution in [2.45, 2.75) is 19.4 Å². The van der Waals surface area contributed by atoms with Gasteiger partial charge in [-0.25, -0.2) is 13.6 Å². The van der Waals surface area contributed by atoms with E-state index in [-0.39, 0.29) is 24.2 Å². The Labute approximate surface area is 149 Å². The van der Waals surface area contributed by atoms with Crippen LogP contribution in [0.5, 0.6) is 0 Å². The Morgan fingerprint density at radius 1 is 1.15 bits per heavy atom. The molecule has 2 N–H and O–H groups in total. The zero-order valence-corrected chi connectivity index (χ0v) is 14.4. The molecular formula is C19H19F2NO4. The van der Waals surface area contributed by atoms with E-state index in [9.17, 15) is 18.4 Å². The molecule has 0 radical (unpaired) electrons. The lowest BCUT2D eigenvalue weighted by Gasteiger charge is -2.14. The summed E-state index contributed by atoms with van der Waals surface area (Å²) in [6.07, 6.45) is 0.0902. The summed E-state index contributed by atoms with van der Waals surface area (Å²) in [6.45, 7) is 1.82. The number of hydrogen-bond donors (Lipinski definition) is 2. The maximum absolute atomic E-state index is 14.5. The molecule has 0 bridgehead atoms. The average molecular weight is 363 g/mol. The minimum absolute atomic E-state index is 0.00492. The van der Waals surface area contributed by atoms with Gasteiger partial charge in [0.1, 0.15) is 17.7 Å². The molecule has 0 aliphatic rings. The Balaban J connectivity index is 2.22. The van der Waals surface area contributed by atoms with Crippen LogP contribution in [0.2, 0.25) is 0 Å². The lowest BCUT2D eigenvalue weighted by Crippen LogP contribution is -2.41. The van der Waals surface area contributed by atoms with Crippen molar-refractivity contribution in [1.29, 1.82) is 0 Å². The first-order valence-corrected chi connectivity index (χ1v) is 7.92. The molecule has 0 fully saturated rings. The molecule has 0 aromatic heterocycles. The number of carboxylic acid groups (broad SMARTS) is 1. The fourth-order valence-electron chi connectivity index (χ4n) is 2.54. The molecule has 1 unspecified atom stereocenters. The predicted molar refractivity (Wildman–Crippen MR) is 91.9 cm³/mol. The van der Waals surface area contributed by atoms with Crippen LogP contribution in [0.4, 0.5) is 8.78 Å². The highest BCUT2D eigenvalue weighted by Gasteiger charge is 2.21. The van der Waals surface area contributed by atoms with Crippen LogP contribution >= 0.6 is 0 Å². The molecule has 1 amide bonds. The SMILES string of the molecule is COCCC(NC(=O)c1ccc(-c2ccc(F)cc2C)c(F)c1)C(=O)O. The molecular weight excluding hydrogens is 344 g/mol. The first kappa shape index (κ1) is 19.5. The Morgan fingerprint density at radius 2 is 1.85 bits per heavy atom. The Morgan fingerprint density at radius 3 is 2.42 bits per heavy atom. The number of carbonyl (C=O) groups is 2. The highest BCUT2D eigenvalue weighted by atomic mass is 19.1. The molecule has 1 atom stereocenters. The van der Waals surface area contributed by atoms with Crippen LogP contribution in [0.15, 0.2) is 36.4 Å². The van der Waals surface area contributed by atoms with Crippen molar-refractivity contribution in [2.75, 3.05) is 13.7 Å². The van der Waals surface area contributed by atoms with Crippen LogP contribution in [-0.4, -0.2) is 36.7 Å². The molecule has 0 saturated carbocycles. The van der Waals surface area contributed by atoms with E-state index in [0.717, 1.165) is 6.07 Å². The number of nitrogens with one attached hydrogen (secondary N) is 1. The lowest BCUT2D eigenvalue weighted by molar-refractivity contribution is -0.139. The van der Waals surface area contributed by atoms with Crippen LogP contribution in [0.25, 0.3) is 11.1 Å². The first-order chi connectivity index (χ1) is 12.3. The molecule has 5 nitrogen and oxygen atoms in total. The second kappa shape index (κ2) is 8.53. The third-order valence-corrected chi connectivity index (χ3v) is 3.92. The summed E-state index contributed by atoms with van der Waals surface area (Å²) in [5, 5.41) is 11.5. The van der Waals surface area contributed by atoms with Gasteiger partial charge in [-0.2, -0.15) is 0 Å². The summed E-state index contributed by atoms with van der Waals surface area (Å²) in [7, 11) is 1.42. The Hall–Kier alpha value is -2.80. The number of aliphatic carboxylic acids is 1. The van der Waals surface area contributed by atoms with Gasteiger partial charge in [0, 0.05) is 31.3 Å². The van der Waals surface area contributed by atoms with Gasteiger partial charge in [0.2, 0.25) is 0 Å². The van der Waals surface area contributed by atoms with E-state index in [0.29, 0.717) is 11.1 Å². The number of aryl methyl sites for hydroxylation is 1. The molecule has 0 aliphatic heterocycles. The van der Waals surface area contributed by atoms with E-state index in [2.05, 4.69) is 5.32 Å². The molecule has 0 heterocycles. The van der Waals surface area contributed by atoms with Crippen LogP contribution in [0.1, 0.15) is 22.3 Å². The van der Waals surface area contributed by atoms with Crippen molar-refractivity contribution in [3.05, 3.63) is 59.2 Å². The van der Waals surface area contributed by atoms with Crippen LogP contribution in [-0.2, 0) is 9.53 Å². The van der Waals surface area contributed by atoms with Crippen LogP contribution in [0.3, 0.4) is 0 Å². The van der Waals surface area contributed by atoms with Gasteiger partial charge in [-0.3, -0.25) is 4.79 Å². The summed E-state index contributed by atoms with van der Waals surface area (Å²) in [6, 6.07) is 6.69. The second-order valence-corrected chi connectivity index (χ2v) is 5.80. The highest BCUT2D eigenvalue weighted by Crippen LogP contribution is 2.27. The van der Waals surface area contributed by atoms with Gasteiger partial charge in [0.25, 0.3) is 5.91 Å². The maximum atomic E-state index is 14.5. The minimum atomic E-state index is -1.20. The quantitative estimate of drug-likeness (QED) is 0.792. The van der Waals surface area contributed by atoms with Crippen LogP contribution < -0.4 is 5.32 Å². The predicted octanol–water partition coefficient (Wildman–Crippen LogP) is 3.16. The standard InChI is InChI=1S/C19H19F2NO4/c1-11-9-13(20)4-6-14(11)15-5-3-12(10-16(15)21)18(23)22-17(19(24)25)7-8-26-2/h3-6,9-10,17H,7-8H2,1-2H3,(H,22,23)(H,24,25). The highest BCUT2D eigenvalue weighted by molar-refractivity contribution is 5.97. The van der Waals surface area contributed by atoms with Crippen molar-refractivity contribution in [1.82, 2.24) is 5.32 Å². The second-order valence-electron chi connectivity index (χ2n) is 5.80. The molecule has 2 aromatic carbocycles. The zero-order chi connectivity index (χ0) is 19.3. The number of carboxylic acids is 1. The number of rotatable bonds is 7. The number of ether oxygens (including phenoxy) is 1. The Kier molecular flexibility index (Phi) is 6.41. The van der Waals surface area contributed by atoms with E-state index in [1.54, 1.807) is 6.92 Å². The Bertz CT molecular complexity index is 823. The van der Waals surface area contributed by atoms with Crippen molar-refractivity contribution in [3.63, 3.8) is 0 Å². The number of hydrogen-bond acceptors (Lipinski definition) is 3. The van der Waals surface area contributed by atoms with Crippen molar-refractivity contribution in [2.24, 2.45) is 0 Å². The van der Waals surface area contributed by atoms with E-state index < -0.39 is 29.6 Å². The zero-order valence-electron chi connectivity index (χ0n) is 14.4. The van der Waals surface area contributed by atoms with E-state index in [4.69, 9.17) is 9.84 Å². The lowest BCUT2D eigenvalue weighted by atomic mass is 9.98. The third kappa shape index (κ3) is 4.64. The number of amides is 1. The number of carbonyl (C=O) groups excluding carboxylic acids is 1. The largest absolute Gasteiger partial charge is 0.480 e. The molecule has 0 saturated heterocycles.